The van der Waals surface area contributed by atoms with E-state index in [-0.39, 0.29) is 42.1 Å². The first kappa shape index (κ1) is 29.3. The number of carbonyl (C=O) groups is 1. The summed E-state index contributed by atoms with van der Waals surface area (Å²) in [6.45, 7) is 13.0. The maximum Gasteiger partial charge on any atom is 0.410 e. The minimum Gasteiger partial charge on any atom is -0.488 e. The number of ether oxygens (including phenoxy) is 3. The predicted octanol–water partition coefficient (Wildman–Crippen LogP) is 3.95. The average Bonchev–Trinajstić information content (AvgIpc) is 3.21. The summed E-state index contributed by atoms with van der Waals surface area (Å²) >= 11 is 0. The SMILES string of the molecule is CN=C(NCc1ccc(C)cc1OC1CCOC1)NCC(C)CN(C)C(=O)OC(C)(C)C.I. The topological polar surface area (TPSA) is 84.4 Å². The summed E-state index contributed by atoms with van der Waals surface area (Å²) in [7, 11) is 3.50. The highest BCUT2D eigenvalue weighted by atomic mass is 127. The molecule has 0 saturated carbocycles. The summed E-state index contributed by atoms with van der Waals surface area (Å²) in [4.78, 5) is 18.1. The van der Waals surface area contributed by atoms with Crippen LogP contribution in [-0.4, -0.2) is 69.1 Å². The number of nitrogens with one attached hydrogen (secondary N) is 2. The van der Waals surface area contributed by atoms with Gasteiger partial charge in [0.1, 0.15) is 17.5 Å². The van der Waals surface area contributed by atoms with Gasteiger partial charge in [0.2, 0.25) is 0 Å². The molecule has 0 radical (unpaired) electrons. The average molecular weight is 577 g/mol. The van der Waals surface area contributed by atoms with Crippen molar-refractivity contribution in [3.63, 3.8) is 0 Å². The number of amides is 1. The highest BCUT2D eigenvalue weighted by Gasteiger charge is 2.21. The van der Waals surface area contributed by atoms with Gasteiger partial charge < -0.3 is 29.7 Å². The first-order valence-corrected chi connectivity index (χ1v) is 11.3. The monoisotopic (exact) mass is 576 g/mol. The van der Waals surface area contributed by atoms with Gasteiger partial charge in [-0.25, -0.2) is 4.79 Å². The number of hydrogen-bond donors (Lipinski definition) is 2. The molecule has 1 aliphatic rings. The second-order valence-electron chi connectivity index (χ2n) is 9.49. The Bertz CT molecular complexity index is 776. The first-order chi connectivity index (χ1) is 15.1. The molecule has 0 spiro atoms. The third-order valence-electron chi connectivity index (χ3n) is 4.98. The van der Waals surface area contributed by atoms with Crippen LogP contribution in [0.3, 0.4) is 0 Å². The Morgan fingerprint density at radius 2 is 2.06 bits per heavy atom. The molecule has 1 amide bonds. The zero-order valence-electron chi connectivity index (χ0n) is 21.1. The lowest BCUT2D eigenvalue weighted by molar-refractivity contribution is 0.0278. The molecule has 8 nitrogen and oxygen atoms in total. The molecule has 2 atom stereocenters. The van der Waals surface area contributed by atoms with Gasteiger partial charge in [0, 0.05) is 45.7 Å². The van der Waals surface area contributed by atoms with E-state index in [1.165, 1.54) is 0 Å². The first-order valence-electron chi connectivity index (χ1n) is 11.3. The molecule has 1 fully saturated rings. The number of aliphatic imine (C=N–C) groups is 1. The van der Waals surface area contributed by atoms with Crippen molar-refractivity contribution in [2.24, 2.45) is 10.9 Å². The van der Waals surface area contributed by atoms with Crippen LogP contribution in [0.2, 0.25) is 0 Å². The molecule has 1 aromatic rings. The highest BCUT2D eigenvalue weighted by molar-refractivity contribution is 14.0. The molecule has 9 heteroatoms. The third-order valence-corrected chi connectivity index (χ3v) is 4.98. The molecule has 2 N–H and O–H groups in total. The predicted molar refractivity (Wildman–Crippen MR) is 143 cm³/mol. The van der Waals surface area contributed by atoms with Gasteiger partial charge >= 0.3 is 6.09 Å². The van der Waals surface area contributed by atoms with Gasteiger partial charge in [-0.3, -0.25) is 4.99 Å². The van der Waals surface area contributed by atoms with E-state index in [0.717, 1.165) is 29.9 Å². The van der Waals surface area contributed by atoms with Crippen LogP contribution >= 0.6 is 24.0 Å². The van der Waals surface area contributed by atoms with Crippen LogP contribution in [0.1, 0.15) is 45.2 Å². The number of benzene rings is 1. The standard InChI is InChI=1S/C24H40N4O4.HI/c1-17-8-9-19(21(12-17)31-20-10-11-30-16-20)14-27-22(25-6)26-13-18(2)15-28(7)23(29)32-24(3,4)5;/h8-9,12,18,20H,10-11,13-16H2,1-7H3,(H2,25,26,27);1H. The Labute approximate surface area is 215 Å². The lowest BCUT2D eigenvalue weighted by atomic mass is 10.1. The zero-order chi connectivity index (χ0) is 23.7. The van der Waals surface area contributed by atoms with Gasteiger partial charge in [0.05, 0.1) is 13.2 Å². The molecule has 2 unspecified atom stereocenters. The smallest absolute Gasteiger partial charge is 0.410 e. The molecule has 1 aliphatic heterocycles. The second kappa shape index (κ2) is 13.8. The van der Waals surface area contributed by atoms with E-state index < -0.39 is 5.60 Å². The van der Waals surface area contributed by atoms with Crippen LogP contribution in [0.25, 0.3) is 0 Å². The summed E-state index contributed by atoms with van der Waals surface area (Å²) in [6, 6.07) is 6.24. The van der Waals surface area contributed by atoms with Crippen molar-refractivity contribution in [2.45, 2.75) is 59.3 Å². The zero-order valence-corrected chi connectivity index (χ0v) is 23.4. The molecular formula is C24H41IN4O4. The fraction of sp³-hybridized carbons (Fsp3) is 0.667. The van der Waals surface area contributed by atoms with E-state index in [2.05, 4.69) is 47.7 Å². The number of hydrogen-bond acceptors (Lipinski definition) is 5. The van der Waals surface area contributed by atoms with Crippen LogP contribution in [0.5, 0.6) is 5.75 Å². The van der Waals surface area contributed by atoms with Crippen molar-refractivity contribution in [1.82, 2.24) is 15.5 Å². The van der Waals surface area contributed by atoms with Crippen LogP contribution in [0.15, 0.2) is 23.2 Å². The van der Waals surface area contributed by atoms with E-state index in [4.69, 9.17) is 14.2 Å². The molecule has 0 aromatic heterocycles. The van der Waals surface area contributed by atoms with E-state index >= 15 is 0 Å². The van der Waals surface area contributed by atoms with Crippen LogP contribution in [0, 0.1) is 12.8 Å². The summed E-state index contributed by atoms with van der Waals surface area (Å²) in [5, 5.41) is 6.69. The van der Waals surface area contributed by atoms with Gasteiger partial charge in [0.25, 0.3) is 0 Å². The normalized spacial score (nSPS) is 17.1. The Balaban J connectivity index is 0.00000544. The van der Waals surface area contributed by atoms with Gasteiger partial charge in [-0.05, 0) is 45.2 Å². The van der Waals surface area contributed by atoms with Gasteiger partial charge in [-0.1, -0.05) is 19.1 Å². The molecule has 33 heavy (non-hydrogen) atoms. The molecule has 0 bridgehead atoms. The van der Waals surface area contributed by atoms with Gasteiger partial charge in [0.15, 0.2) is 5.96 Å². The van der Waals surface area contributed by atoms with Crippen molar-refractivity contribution in [3.05, 3.63) is 29.3 Å². The number of aryl methyl sites for hydroxylation is 1. The fourth-order valence-corrected chi connectivity index (χ4v) is 3.32. The molecule has 1 heterocycles. The van der Waals surface area contributed by atoms with Crippen molar-refractivity contribution < 1.29 is 19.0 Å². The van der Waals surface area contributed by atoms with Crippen molar-refractivity contribution in [1.29, 1.82) is 0 Å². The summed E-state index contributed by atoms with van der Waals surface area (Å²) in [5.74, 6) is 1.80. The number of guanidine groups is 1. The Morgan fingerprint density at radius 3 is 2.67 bits per heavy atom. The number of halogens is 1. The maximum absolute atomic E-state index is 12.2. The van der Waals surface area contributed by atoms with Crippen LogP contribution in [0.4, 0.5) is 4.79 Å². The molecular weight excluding hydrogens is 535 g/mol. The van der Waals surface area contributed by atoms with E-state index in [1.807, 2.05) is 20.8 Å². The second-order valence-corrected chi connectivity index (χ2v) is 9.49. The van der Waals surface area contributed by atoms with E-state index in [1.54, 1.807) is 19.0 Å². The summed E-state index contributed by atoms with van der Waals surface area (Å²) in [6.07, 6.45) is 0.710. The van der Waals surface area contributed by atoms with Crippen LogP contribution < -0.4 is 15.4 Å². The Hall–Kier alpha value is -1.75. The number of carbonyl (C=O) groups excluding carboxylic acids is 1. The van der Waals surface area contributed by atoms with Gasteiger partial charge in [-0.15, -0.1) is 24.0 Å². The summed E-state index contributed by atoms with van der Waals surface area (Å²) in [5.41, 5.74) is 1.73. The van der Waals surface area contributed by atoms with E-state index in [0.29, 0.717) is 32.2 Å². The molecule has 2 rings (SSSR count). The molecule has 188 valence electrons. The van der Waals surface area contributed by atoms with Gasteiger partial charge in [-0.2, -0.15) is 0 Å². The Kier molecular flexibility index (Phi) is 12.3. The third kappa shape index (κ3) is 10.8. The maximum atomic E-state index is 12.2. The number of nitrogens with zero attached hydrogens (tertiary/aromatic N) is 2. The largest absolute Gasteiger partial charge is 0.488 e. The van der Waals surface area contributed by atoms with Crippen molar-refractivity contribution >= 4 is 36.0 Å². The van der Waals surface area contributed by atoms with Crippen molar-refractivity contribution in [2.75, 3.05) is 40.4 Å². The van der Waals surface area contributed by atoms with E-state index in [9.17, 15) is 4.79 Å². The molecule has 1 aromatic carbocycles. The lowest BCUT2D eigenvalue weighted by Gasteiger charge is -2.26. The minimum atomic E-state index is -0.498. The minimum absolute atomic E-state index is 0. The molecule has 1 saturated heterocycles. The van der Waals surface area contributed by atoms with Crippen molar-refractivity contribution in [3.8, 4) is 5.75 Å². The van der Waals surface area contributed by atoms with Crippen LogP contribution in [-0.2, 0) is 16.0 Å². The Morgan fingerprint density at radius 1 is 1.33 bits per heavy atom. The molecule has 0 aliphatic carbocycles. The highest BCUT2D eigenvalue weighted by Crippen LogP contribution is 2.23. The quantitative estimate of drug-likeness (QED) is 0.277. The lowest BCUT2D eigenvalue weighted by Crippen LogP contribution is -2.42. The fourth-order valence-electron chi connectivity index (χ4n) is 3.32. The summed E-state index contributed by atoms with van der Waals surface area (Å²) < 4.78 is 17.0. The number of rotatable bonds is 8.